The lowest BCUT2D eigenvalue weighted by Crippen LogP contribution is -2.13. The molecule has 1 aromatic rings. The van der Waals surface area contributed by atoms with Gasteiger partial charge in [0, 0.05) is 0 Å². The Hall–Kier alpha value is -2.04. The highest BCUT2D eigenvalue weighted by Crippen LogP contribution is 2.36. The number of ether oxygens (including phenoxy) is 1. The summed E-state index contributed by atoms with van der Waals surface area (Å²) in [6.45, 7) is 1.97. The van der Waals surface area contributed by atoms with Crippen LogP contribution in [0.3, 0.4) is 0 Å². The highest BCUT2D eigenvalue weighted by atomic mass is 32.1. The number of rotatable bonds is 6. The first-order valence-electron chi connectivity index (χ1n) is 5.66. The van der Waals surface area contributed by atoms with Gasteiger partial charge in [-0.3, -0.25) is 0 Å². The van der Waals surface area contributed by atoms with E-state index in [0.29, 0.717) is 6.42 Å². The zero-order chi connectivity index (χ0) is 16.0. The number of hydrogen-bond donors (Lipinski definition) is 2. The molecule has 0 aromatic carbocycles. The molecule has 0 bridgehead atoms. The van der Waals surface area contributed by atoms with Crippen molar-refractivity contribution in [1.82, 2.24) is 4.98 Å². The molecule has 7 nitrogen and oxygen atoms in total. The number of carbonyl (C=O) groups is 2. The van der Waals surface area contributed by atoms with Gasteiger partial charge in [0.2, 0.25) is 5.13 Å². The van der Waals surface area contributed by atoms with Gasteiger partial charge in [0.05, 0.1) is 6.61 Å². The highest BCUT2D eigenvalue weighted by Gasteiger charge is 2.40. The molecule has 1 rings (SSSR count). The molecule has 0 saturated carbocycles. The molecular weight excluding hydrogens is 317 g/mol. The highest BCUT2D eigenvalue weighted by molar-refractivity contribution is 7.17. The molecule has 0 radical (unpaired) electrons. The van der Waals surface area contributed by atoms with Crippen molar-refractivity contribution in [2.45, 2.75) is 25.9 Å². The van der Waals surface area contributed by atoms with E-state index in [9.17, 15) is 22.8 Å². The number of carboxylic acids is 1. The van der Waals surface area contributed by atoms with E-state index < -0.39 is 34.0 Å². The molecule has 0 aliphatic carbocycles. The van der Waals surface area contributed by atoms with E-state index in [-0.39, 0.29) is 17.9 Å². The number of aromatic carboxylic acids is 1. The molecule has 2 N–H and O–H groups in total. The molecule has 0 atom stereocenters. The van der Waals surface area contributed by atoms with Crippen LogP contribution in [0.4, 0.5) is 23.1 Å². The molecule has 0 saturated heterocycles. The molecular formula is C10H11F3N2O5S. The number of anilines is 1. The second-order valence-corrected chi connectivity index (χ2v) is 4.65. The lowest BCUT2D eigenvalue weighted by atomic mass is 10.3. The largest absolute Gasteiger partial charge is 0.533 e. The Morgan fingerprint density at radius 2 is 2.10 bits per heavy atom. The summed E-state index contributed by atoms with van der Waals surface area (Å²) in [4.78, 5) is 28.1. The molecule has 21 heavy (non-hydrogen) atoms. The monoisotopic (exact) mass is 328 g/mol. The lowest BCUT2D eigenvalue weighted by molar-refractivity contribution is -0.141. The van der Waals surface area contributed by atoms with E-state index in [0.717, 1.165) is 6.42 Å². The SMILES string of the molecule is CCCCOC(=O)ONc1nc(C(F)(F)F)c(C(=O)O)s1. The zero-order valence-corrected chi connectivity index (χ0v) is 11.5. The molecule has 1 aromatic heterocycles. The lowest BCUT2D eigenvalue weighted by Gasteiger charge is -2.04. The fourth-order valence-corrected chi connectivity index (χ4v) is 1.87. The van der Waals surface area contributed by atoms with Gasteiger partial charge in [0.25, 0.3) is 0 Å². The van der Waals surface area contributed by atoms with Gasteiger partial charge in [-0.25, -0.2) is 14.6 Å². The van der Waals surface area contributed by atoms with E-state index in [1.165, 1.54) is 0 Å². The van der Waals surface area contributed by atoms with E-state index >= 15 is 0 Å². The molecule has 0 unspecified atom stereocenters. The minimum absolute atomic E-state index is 0.100. The zero-order valence-electron chi connectivity index (χ0n) is 10.7. The second kappa shape index (κ2) is 7.11. The van der Waals surface area contributed by atoms with Crippen molar-refractivity contribution in [1.29, 1.82) is 0 Å². The van der Waals surface area contributed by atoms with Gasteiger partial charge >= 0.3 is 18.3 Å². The standard InChI is InChI=1S/C10H11F3N2O5S/c1-2-3-4-19-9(18)20-15-8-14-6(10(11,12)13)5(21-8)7(16)17/h2-4H2,1H3,(H,14,15)(H,16,17). The third-order valence-corrected chi connectivity index (χ3v) is 2.97. The van der Waals surface area contributed by atoms with Crippen molar-refractivity contribution in [2.75, 3.05) is 12.1 Å². The number of aromatic nitrogens is 1. The van der Waals surface area contributed by atoms with Crippen LogP contribution in [0.25, 0.3) is 0 Å². The summed E-state index contributed by atoms with van der Waals surface area (Å²) in [5.41, 5.74) is 0.264. The van der Waals surface area contributed by atoms with Gasteiger partial charge < -0.3 is 14.7 Å². The average molecular weight is 328 g/mol. The van der Waals surface area contributed by atoms with Gasteiger partial charge in [-0.15, -0.1) is 0 Å². The van der Waals surface area contributed by atoms with Gasteiger partial charge in [-0.2, -0.15) is 18.7 Å². The molecule has 1 heterocycles. The minimum atomic E-state index is -4.92. The first-order chi connectivity index (χ1) is 9.75. The molecule has 0 fully saturated rings. The maximum absolute atomic E-state index is 12.5. The van der Waals surface area contributed by atoms with Crippen LogP contribution >= 0.6 is 11.3 Å². The summed E-state index contributed by atoms with van der Waals surface area (Å²) < 4.78 is 42.2. The van der Waals surface area contributed by atoms with Crippen molar-refractivity contribution in [3.63, 3.8) is 0 Å². The number of hydrogen-bond acceptors (Lipinski definition) is 7. The molecule has 0 amide bonds. The Bertz CT molecular complexity index is 517. The fourth-order valence-electron chi connectivity index (χ4n) is 1.12. The number of thiazole rings is 1. The summed E-state index contributed by atoms with van der Waals surface area (Å²) in [7, 11) is 0. The normalized spacial score (nSPS) is 11.0. The average Bonchev–Trinajstić information content (AvgIpc) is 2.81. The van der Waals surface area contributed by atoms with Crippen LogP contribution in [0.15, 0.2) is 0 Å². The van der Waals surface area contributed by atoms with Crippen molar-refractivity contribution < 1.29 is 37.4 Å². The fraction of sp³-hybridized carbons (Fsp3) is 0.500. The van der Waals surface area contributed by atoms with Crippen LogP contribution in [0.1, 0.15) is 35.1 Å². The van der Waals surface area contributed by atoms with Crippen molar-refractivity contribution >= 4 is 28.6 Å². The van der Waals surface area contributed by atoms with Crippen LogP contribution in [-0.4, -0.2) is 28.8 Å². The Morgan fingerprint density at radius 1 is 1.43 bits per heavy atom. The van der Waals surface area contributed by atoms with Crippen molar-refractivity contribution in [3.05, 3.63) is 10.6 Å². The summed E-state index contributed by atoms with van der Waals surface area (Å²) in [5.74, 6) is -1.78. The summed E-state index contributed by atoms with van der Waals surface area (Å²) >= 11 is 0.190. The van der Waals surface area contributed by atoms with Gasteiger partial charge in [-0.05, 0) is 6.42 Å². The third-order valence-electron chi connectivity index (χ3n) is 2.03. The number of unbranched alkanes of at least 4 members (excludes halogenated alkanes) is 1. The number of halogens is 3. The van der Waals surface area contributed by atoms with Crippen LogP contribution in [0.5, 0.6) is 0 Å². The Morgan fingerprint density at radius 3 is 2.57 bits per heavy atom. The topological polar surface area (TPSA) is 97.8 Å². The predicted molar refractivity (Wildman–Crippen MR) is 65.0 cm³/mol. The van der Waals surface area contributed by atoms with E-state index in [1.54, 1.807) is 0 Å². The molecule has 0 spiro atoms. The van der Waals surface area contributed by atoms with Crippen LogP contribution in [0.2, 0.25) is 0 Å². The van der Waals surface area contributed by atoms with Crippen LogP contribution < -0.4 is 5.48 Å². The number of nitrogens with one attached hydrogen (secondary N) is 1. The molecule has 0 aliphatic rings. The first kappa shape index (κ1) is 17.0. The summed E-state index contributed by atoms with van der Waals surface area (Å²) in [6, 6.07) is 0. The van der Waals surface area contributed by atoms with Crippen LogP contribution in [-0.2, 0) is 15.8 Å². The number of nitrogens with zero attached hydrogens (tertiary/aromatic N) is 1. The van der Waals surface area contributed by atoms with Crippen molar-refractivity contribution in [3.8, 4) is 0 Å². The van der Waals surface area contributed by atoms with E-state index in [1.807, 2.05) is 12.4 Å². The molecule has 118 valence electrons. The van der Waals surface area contributed by atoms with Crippen molar-refractivity contribution in [2.24, 2.45) is 0 Å². The second-order valence-electron chi connectivity index (χ2n) is 3.66. The Balaban J connectivity index is 2.68. The first-order valence-corrected chi connectivity index (χ1v) is 6.48. The maximum Gasteiger partial charge on any atom is 0.533 e. The summed E-state index contributed by atoms with van der Waals surface area (Å²) in [5, 5.41) is 8.15. The quantitative estimate of drug-likeness (QED) is 0.470. The Kier molecular flexibility index (Phi) is 5.76. The minimum Gasteiger partial charge on any atom is -0.477 e. The Labute approximate surface area is 120 Å². The summed E-state index contributed by atoms with van der Waals surface area (Å²) in [6.07, 6.45) is -4.69. The van der Waals surface area contributed by atoms with Crippen LogP contribution in [0, 0.1) is 0 Å². The third kappa shape index (κ3) is 5.10. The van der Waals surface area contributed by atoms with E-state index in [4.69, 9.17) is 5.11 Å². The maximum atomic E-state index is 12.5. The number of carbonyl (C=O) groups excluding carboxylic acids is 1. The smallest absolute Gasteiger partial charge is 0.477 e. The van der Waals surface area contributed by atoms with Gasteiger partial charge in [0.1, 0.15) is 4.88 Å². The van der Waals surface area contributed by atoms with Gasteiger partial charge in [-0.1, -0.05) is 24.7 Å². The van der Waals surface area contributed by atoms with E-state index in [2.05, 4.69) is 14.6 Å². The molecule has 0 aliphatic heterocycles. The van der Waals surface area contributed by atoms with Gasteiger partial charge in [0.15, 0.2) is 5.69 Å². The number of alkyl halides is 3. The predicted octanol–water partition coefficient (Wildman–Crippen LogP) is 3.14. The molecule has 11 heteroatoms. The number of carboxylic acid groups (broad SMARTS) is 1.